The van der Waals surface area contributed by atoms with Gasteiger partial charge in [0.1, 0.15) is 11.5 Å². The van der Waals surface area contributed by atoms with Crippen molar-refractivity contribution in [3.05, 3.63) is 82.3 Å². The third-order valence-corrected chi connectivity index (χ3v) is 11.6. The molecule has 0 aromatic carbocycles. The first-order valence-electron chi connectivity index (χ1n) is 19.3. The number of nitrogens with zero attached hydrogens (tertiary/aromatic N) is 8. The van der Waals surface area contributed by atoms with Crippen molar-refractivity contribution in [2.24, 2.45) is 12.5 Å². The summed E-state index contributed by atoms with van der Waals surface area (Å²) in [4.78, 5) is 60.8. The van der Waals surface area contributed by atoms with Gasteiger partial charge in [0.15, 0.2) is 11.6 Å². The van der Waals surface area contributed by atoms with Gasteiger partial charge in [-0.3, -0.25) is 24.2 Å². The number of hydrogen-bond donors (Lipinski definition) is 2. The molecule has 0 unspecified atom stereocenters. The highest BCUT2D eigenvalue weighted by Crippen LogP contribution is 2.40. The second kappa shape index (κ2) is 14.4. The van der Waals surface area contributed by atoms with Gasteiger partial charge < -0.3 is 29.4 Å². The number of ether oxygens (including phenoxy) is 1. The molecule has 4 aliphatic rings. The molecule has 14 heteroatoms. The van der Waals surface area contributed by atoms with E-state index in [0.717, 1.165) is 69.7 Å². The molecule has 0 radical (unpaired) electrons. The van der Waals surface area contributed by atoms with Gasteiger partial charge in [0.25, 0.3) is 11.5 Å². The molecular weight excluding hydrogens is 697 g/mol. The largest absolute Gasteiger partial charge is 0.381 e. The third kappa shape index (κ3) is 6.93. The molecule has 2 fully saturated rings. The monoisotopic (exact) mass is 746 g/mol. The number of nitrogens with one attached hydrogen (secondary N) is 2. The van der Waals surface area contributed by atoms with E-state index in [-0.39, 0.29) is 34.6 Å². The number of aryl methyl sites for hydroxylation is 1. The van der Waals surface area contributed by atoms with Crippen LogP contribution in [0.4, 0.5) is 28.8 Å². The van der Waals surface area contributed by atoms with E-state index in [4.69, 9.17) is 14.7 Å². The van der Waals surface area contributed by atoms with Gasteiger partial charge in [-0.25, -0.2) is 15.0 Å². The lowest BCUT2D eigenvalue weighted by Crippen LogP contribution is -2.56. The Kier molecular flexibility index (Phi) is 9.58. The highest BCUT2D eigenvalue weighted by molar-refractivity contribution is 6.06. The lowest BCUT2D eigenvalue weighted by molar-refractivity contribution is -0.111. The fourth-order valence-corrected chi connectivity index (χ4v) is 8.85. The molecule has 4 aromatic rings. The molecule has 0 spiro atoms. The second-order valence-electron chi connectivity index (χ2n) is 16.1. The number of anilines is 5. The zero-order chi connectivity index (χ0) is 38.6. The Morgan fingerprint density at radius 3 is 2.62 bits per heavy atom. The second-order valence-corrected chi connectivity index (χ2v) is 16.1. The number of carbonyl (C=O) groups excluding carboxylic acids is 2. The number of rotatable bonds is 8. The number of piperazine rings is 1. The molecule has 2 saturated heterocycles. The van der Waals surface area contributed by atoms with Crippen LogP contribution >= 0.6 is 0 Å². The van der Waals surface area contributed by atoms with Gasteiger partial charge in [-0.15, -0.1) is 0 Å². The van der Waals surface area contributed by atoms with Crippen LogP contribution < -0.4 is 26.0 Å². The molecule has 1 aliphatic carbocycles. The molecule has 2 amide bonds. The molecule has 4 aromatic heterocycles. The summed E-state index contributed by atoms with van der Waals surface area (Å²) in [5.74, 6) is 0.902. The number of carbonyl (C=O) groups is 2. The number of fused-ring (bicyclic) bond motifs is 3. The van der Waals surface area contributed by atoms with E-state index in [0.29, 0.717) is 53.5 Å². The molecule has 0 bridgehead atoms. The maximum absolute atomic E-state index is 13.9. The summed E-state index contributed by atoms with van der Waals surface area (Å²) < 4.78 is 9.26. The summed E-state index contributed by atoms with van der Waals surface area (Å²) in [6.07, 6.45) is 10.3. The summed E-state index contributed by atoms with van der Waals surface area (Å²) in [6.45, 7) is 17.6. The zero-order valence-electron chi connectivity index (χ0n) is 32.4. The minimum absolute atomic E-state index is 0.0622. The summed E-state index contributed by atoms with van der Waals surface area (Å²) in [5.41, 5.74) is 6.20. The van der Waals surface area contributed by atoms with Crippen molar-refractivity contribution >= 4 is 40.6 Å². The Hall–Kier alpha value is -5.34. The summed E-state index contributed by atoms with van der Waals surface area (Å²) >= 11 is 0. The van der Waals surface area contributed by atoms with Crippen molar-refractivity contribution in [2.75, 3.05) is 59.8 Å². The maximum Gasteiger partial charge on any atom is 0.293 e. The van der Waals surface area contributed by atoms with Gasteiger partial charge in [0, 0.05) is 94.3 Å². The lowest BCUT2D eigenvalue weighted by atomic mass is 9.90. The fourth-order valence-electron chi connectivity index (χ4n) is 8.85. The van der Waals surface area contributed by atoms with Gasteiger partial charge in [-0.05, 0) is 74.8 Å². The van der Waals surface area contributed by atoms with E-state index in [9.17, 15) is 14.4 Å². The predicted molar refractivity (Wildman–Crippen MR) is 213 cm³/mol. The molecular formula is C41H50N10O4. The van der Waals surface area contributed by atoms with Gasteiger partial charge in [0.05, 0.1) is 23.3 Å². The summed E-state index contributed by atoms with van der Waals surface area (Å²) in [7, 11) is 1.68. The quantitative estimate of drug-likeness (QED) is 0.244. The van der Waals surface area contributed by atoms with Crippen LogP contribution in [-0.2, 0) is 36.0 Å². The Morgan fingerprint density at radius 2 is 1.85 bits per heavy atom. The molecule has 14 nitrogen and oxygen atoms in total. The van der Waals surface area contributed by atoms with Crippen LogP contribution in [0, 0.1) is 12.3 Å². The van der Waals surface area contributed by atoms with E-state index in [1.54, 1.807) is 36.6 Å². The van der Waals surface area contributed by atoms with Crippen LogP contribution in [0.25, 0.3) is 11.3 Å². The van der Waals surface area contributed by atoms with Gasteiger partial charge >= 0.3 is 0 Å². The van der Waals surface area contributed by atoms with Crippen LogP contribution in [0.15, 0.2) is 54.2 Å². The Bertz CT molecular complexity index is 2240. The van der Waals surface area contributed by atoms with Crippen LogP contribution in [-0.4, -0.2) is 92.3 Å². The normalized spacial score (nSPS) is 19.9. The Labute approximate surface area is 321 Å². The predicted octanol–water partition coefficient (Wildman–Crippen LogP) is 4.69. The van der Waals surface area contributed by atoms with Crippen molar-refractivity contribution in [3.63, 3.8) is 0 Å². The average molecular weight is 747 g/mol. The van der Waals surface area contributed by atoms with Crippen molar-refractivity contribution in [2.45, 2.75) is 72.0 Å². The minimum atomic E-state index is -0.359. The van der Waals surface area contributed by atoms with E-state index >= 15 is 0 Å². The molecule has 8 rings (SSSR count). The highest BCUT2D eigenvalue weighted by Gasteiger charge is 2.37. The Balaban J connectivity index is 1.05. The van der Waals surface area contributed by atoms with Crippen LogP contribution in [0.1, 0.15) is 60.9 Å². The van der Waals surface area contributed by atoms with E-state index in [1.165, 1.54) is 21.9 Å². The zero-order valence-corrected chi connectivity index (χ0v) is 32.4. The van der Waals surface area contributed by atoms with Crippen LogP contribution in [0.3, 0.4) is 0 Å². The molecule has 288 valence electrons. The molecule has 2 N–H and O–H groups in total. The number of aromatic nitrogens is 5. The first kappa shape index (κ1) is 36.6. The Morgan fingerprint density at radius 1 is 1.05 bits per heavy atom. The maximum atomic E-state index is 13.9. The van der Waals surface area contributed by atoms with Crippen molar-refractivity contribution < 1.29 is 14.3 Å². The molecule has 7 heterocycles. The van der Waals surface area contributed by atoms with Gasteiger partial charge in [-0.2, -0.15) is 0 Å². The number of hydrogen-bond acceptors (Lipinski definition) is 10. The number of pyridine rings is 2. The lowest BCUT2D eigenvalue weighted by Gasteiger charge is -2.45. The van der Waals surface area contributed by atoms with Gasteiger partial charge in [-0.1, -0.05) is 20.4 Å². The summed E-state index contributed by atoms with van der Waals surface area (Å²) in [6, 6.07) is 6.36. The first-order valence-corrected chi connectivity index (χ1v) is 19.3. The fraction of sp³-hybridized carbons (Fsp3) is 0.463. The van der Waals surface area contributed by atoms with Crippen LogP contribution in [0.2, 0.25) is 0 Å². The van der Waals surface area contributed by atoms with Gasteiger partial charge in [0.2, 0.25) is 5.91 Å². The van der Waals surface area contributed by atoms with E-state index in [1.807, 2.05) is 13.0 Å². The molecule has 3 aliphatic heterocycles. The van der Waals surface area contributed by atoms with Crippen molar-refractivity contribution in [3.8, 4) is 11.3 Å². The van der Waals surface area contributed by atoms with Crippen LogP contribution in [0.5, 0.6) is 0 Å². The number of amides is 2. The third-order valence-electron chi connectivity index (χ3n) is 11.6. The topological polar surface area (TPSA) is 143 Å². The molecule has 55 heavy (non-hydrogen) atoms. The van der Waals surface area contributed by atoms with Crippen molar-refractivity contribution in [1.82, 2.24) is 29.0 Å². The smallest absolute Gasteiger partial charge is 0.293 e. The highest BCUT2D eigenvalue weighted by atomic mass is 16.5. The first-order chi connectivity index (χ1) is 26.4. The minimum Gasteiger partial charge on any atom is -0.381 e. The standard InChI is InChI=1S/C41H50N10O4/c1-7-35(52)45-31-19-28(22-43-38(31)49-13-12-48(23-25(49)2)29-9-16-55-17-10-29)44-36-40(54)47(6)24-32(46-36)30-8-11-42-37(26(30)3)51-15-14-50-33(39(51)53)18-27-20-41(4,5)21-34(27)50/h7-8,11,18-19,22,24-25,29H,1,9-10,12-17,20-21,23H2,2-6H3,(H,44,46)(H,45,52)/t25-/m0/s1. The summed E-state index contributed by atoms with van der Waals surface area (Å²) in [5, 5.41) is 6.12. The average Bonchev–Trinajstić information content (AvgIpc) is 3.66. The SMILES string of the molecule is C=CC(=O)Nc1cc(Nc2nc(-c3ccnc(N4CCn5c(cc6c5CC(C)(C)C6)C4=O)c3C)cn(C)c2=O)cnc1N1CCN(C2CCOCC2)C[C@@H]1C. The van der Waals surface area contributed by atoms with Crippen molar-refractivity contribution in [1.29, 1.82) is 0 Å². The molecule has 0 saturated carbocycles. The van der Waals surface area contributed by atoms with E-state index < -0.39 is 0 Å². The molecule has 1 atom stereocenters. The van der Waals surface area contributed by atoms with E-state index in [2.05, 4.69) is 63.4 Å².